The molecule has 0 unspecified atom stereocenters. The van der Waals surface area contributed by atoms with E-state index in [9.17, 15) is 4.79 Å². The number of aliphatic carboxylic acids is 1. The summed E-state index contributed by atoms with van der Waals surface area (Å²) in [5.41, 5.74) is -0.378. The number of rotatable bonds is 5. The van der Waals surface area contributed by atoms with E-state index in [1.54, 1.807) is 6.08 Å². The first-order chi connectivity index (χ1) is 6.18. The quantitative estimate of drug-likeness (QED) is 0.668. The van der Waals surface area contributed by atoms with Crippen LogP contribution in [0.25, 0.3) is 0 Å². The van der Waals surface area contributed by atoms with Crippen molar-refractivity contribution in [1.29, 1.82) is 0 Å². The Morgan fingerprint density at radius 1 is 1.29 bits per heavy atom. The van der Waals surface area contributed by atoms with Gasteiger partial charge in [0.05, 0.1) is 0 Å². The third kappa shape index (κ3) is 5.75. The summed E-state index contributed by atoms with van der Waals surface area (Å²) >= 11 is 0. The molecule has 0 saturated heterocycles. The van der Waals surface area contributed by atoms with Crippen LogP contribution in [0.2, 0.25) is 0 Å². The van der Waals surface area contributed by atoms with Crippen LogP contribution in [0, 0.1) is 10.8 Å². The molecule has 0 atom stereocenters. The van der Waals surface area contributed by atoms with Crippen LogP contribution in [0.15, 0.2) is 12.2 Å². The van der Waals surface area contributed by atoms with Crippen LogP contribution in [0.4, 0.5) is 0 Å². The molecule has 0 radical (unpaired) electrons. The highest BCUT2D eigenvalue weighted by molar-refractivity contribution is 5.79. The van der Waals surface area contributed by atoms with Gasteiger partial charge in [0.1, 0.15) is 0 Å². The van der Waals surface area contributed by atoms with E-state index in [-0.39, 0.29) is 17.4 Å². The molecule has 3 heteroatoms. The van der Waals surface area contributed by atoms with Gasteiger partial charge in [0.15, 0.2) is 0 Å². The molecule has 0 aromatic heterocycles. The molecule has 0 aromatic carbocycles. The zero-order valence-electron chi connectivity index (χ0n) is 9.37. The smallest absolute Gasteiger partial charge is 0.327 e. The standard InChI is InChI=1S/C11H20O3/c1-10(2,6-5-9(13)14)7-11(3,4)8-12/h5-6,12H,7-8H2,1-4H3,(H,13,14). The Labute approximate surface area is 85.4 Å². The molecule has 0 rings (SSSR count). The van der Waals surface area contributed by atoms with E-state index in [1.165, 1.54) is 0 Å². The maximum absolute atomic E-state index is 10.3. The van der Waals surface area contributed by atoms with E-state index in [0.29, 0.717) is 0 Å². The number of carbonyl (C=O) groups is 1. The van der Waals surface area contributed by atoms with Crippen molar-refractivity contribution >= 4 is 5.97 Å². The number of hydrogen-bond donors (Lipinski definition) is 2. The molecule has 0 amide bonds. The summed E-state index contributed by atoms with van der Waals surface area (Å²) in [6, 6.07) is 0. The zero-order valence-corrected chi connectivity index (χ0v) is 9.37. The van der Waals surface area contributed by atoms with Gasteiger partial charge >= 0.3 is 5.97 Å². The summed E-state index contributed by atoms with van der Waals surface area (Å²) < 4.78 is 0. The lowest BCUT2D eigenvalue weighted by molar-refractivity contribution is -0.131. The van der Waals surface area contributed by atoms with E-state index in [2.05, 4.69) is 0 Å². The van der Waals surface area contributed by atoms with E-state index in [0.717, 1.165) is 12.5 Å². The van der Waals surface area contributed by atoms with E-state index >= 15 is 0 Å². The van der Waals surface area contributed by atoms with Crippen molar-refractivity contribution in [2.24, 2.45) is 10.8 Å². The van der Waals surface area contributed by atoms with E-state index in [4.69, 9.17) is 10.2 Å². The average molecular weight is 200 g/mol. The average Bonchev–Trinajstić information content (AvgIpc) is 1.99. The molecular formula is C11H20O3. The van der Waals surface area contributed by atoms with Gasteiger partial charge in [0, 0.05) is 12.7 Å². The molecule has 0 aromatic rings. The topological polar surface area (TPSA) is 57.5 Å². The van der Waals surface area contributed by atoms with Crippen LogP contribution in [0.1, 0.15) is 34.1 Å². The maximum Gasteiger partial charge on any atom is 0.327 e. The summed E-state index contributed by atoms with van der Waals surface area (Å²) in [6.45, 7) is 7.96. The number of aliphatic hydroxyl groups excluding tert-OH is 1. The summed E-state index contributed by atoms with van der Waals surface area (Å²) in [5.74, 6) is -0.931. The van der Waals surface area contributed by atoms with Crippen molar-refractivity contribution in [3.05, 3.63) is 12.2 Å². The predicted molar refractivity (Wildman–Crippen MR) is 56.0 cm³/mol. The fraction of sp³-hybridized carbons (Fsp3) is 0.727. The molecule has 0 fully saturated rings. The van der Waals surface area contributed by atoms with Crippen molar-refractivity contribution in [1.82, 2.24) is 0 Å². The Morgan fingerprint density at radius 3 is 2.14 bits per heavy atom. The third-order valence-corrected chi connectivity index (χ3v) is 2.04. The molecule has 0 aliphatic carbocycles. The Hall–Kier alpha value is -0.830. The van der Waals surface area contributed by atoms with Gasteiger partial charge in [0.2, 0.25) is 0 Å². The molecule has 0 bridgehead atoms. The highest BCUT2D eigenvalue weighted by atomic mass is 16.4. The monoisotopic (exact) mass is 200 g/mol. The second-order valence-electron chi connectivity index (χ2n) is 5.16. The van der Waals surface area contributed by atoms with Crippen molar-refractivity contribution in [2.45, 2.75) is 34.1 Å². The summed E-state index contributed by atoms with van der Waals surface area (Å²) in [5, 5.41) is 17.6. The van der Waals surface area contributed by atoms with Gasteiger partial charge in [-0.15, -0.1) is 0 Å². The first-order valence-corrected chi connectivity index (χ1v) is 4.72. The first-order valence-electron chi connectivity index (χ1n) is 4.72. The minimum Gasteiger partial charge on any atom is -0.478 e. The Morgan fingerprint density at radius 2 is 1.79 bits per heavy atom. The number of aliphatic hydroxyl groups is 1. The summed E-state index contributed by atoms with van der Waals surface area (Å²) in [4.78, 5) is 10.3. The summed E-state index contributed by atoms with van der Waals surface area (Å²) in [6.07, 6.45) is 3.58. The van der Waals surface area contributed by atoms with Gasteiger partial charge < -0.3 is 10.2 Å². The lowest BCUT2D eigenvalue weighted by Crippen LogP contribution is -2.25. The molecule has 0 heterocycles. The van der Waals surface area contributed by atoms with Crippen molar-refractivity contribution in [3.8, 4) is 0 Å². The van der Waals surface area contributed by atoms with Crippen LogP contribution in [0.5, 0.6) is 0 Å². The predicted octanol–water partition coefficient (Wildman–Crippen LogP) is 2.06. The number of allylic oxidation sites excluding steroid dienone is 1. The first kappa shape index (κ1) is 13.2. The summed E-state index contributed by atoms with van der Waals surface area (Å²) in [7, 11) is 0. The molecule has 2 N–H and O–H groups in total. The molecule has 0 aliphatic rings. The maximum atomic E-state index is 10.3. The van der Waals surface area contributed by atoms with Crippen LogP contribution in [-0.4, -0.2) is 22.8 Å². The van der Waals surface area contributed by atoms with Gasteiger partial charge in [-0.25, -0.2) is 4.79 Å². The molecular weight excluding hydrogens is 180 g/mol. The van der Waals surface area contributed by atoms with E-state index < -0.39 is 5.97 Å². The second-order valence-corrected chi connectivity index (χ2v) is 5.16. The lowest BCUT2D eigenvalue weighted by atomic mass is 9.75. The Balaban J connectivity index is 4.41. The van der Waals surface area contributed by atoms with Gasteiger partial charge in [0.25, 0.3) is 0 Å². The molecule has 3 nitrogen and oxygen atoms in total. The van der Waals surface area contributed by atoms with Crippen LogP contribution < -0.4 is 0 Å². The molecule has 14 heavy (non-hydrogen) atoms. The van der Waals surface area contributed by atoms with E-state index in [1.807, 2.05) is 27.7 Å². The van der Waals surface area contributed by atoms with Crippen LogP contribution in [0.3, 0.4) is 0 Å². The van der Waals surface area contributed by atoms with Gasteiger partial charge in [-0.1, -0.05) is 33.8 Å². The molecule has 82 valence electrons. The minimum absolute atomic E-state index is 0.108. The Kier molecular flexibility index (Phi) is 4.33. The van der Waals surface area contributed by atoms with Crippen LogP contribution in [-0.2, 0) is 4.79 Å². The van der Waals surface area contributed by atoms with Gasteiger partial charge in [-0.2, -0.15) is 0 Å². The Bertz CT molecular complexity index is 227. The molecule has 0 spiro atoms. The fourth-order valence-corrected chi connectivity index (χ4v) is 1.65. The highest BCUT2D eigenvalue weighted by Gasteiger charge is 2.26. The van der Waals surface area contributed by atoms with Gasteiger partial charge in [-0.3, -0.25) is 0 Å². The molecule has 0 aliphatic heterocycles. The largest absolute Gasteiger partial charge is 0.478 e. The highest BCUT2D eigenvalue weighted by Crippen LogP contribution is 2.34. The zero-order chi connectivity index (χ0) is 11.4. The lowest BCUT2D eigenvalue weighted by Gasteiger charge is -2.31. The fourth-order valence-electron chi connectivity index (χ4n) is 1.65. The normalized spacial score (nSPS) is 13.5. The minimum atomic E-state index is -0.931. The second kappa shape index (κ2) is 4.60. The SMILES string of the molecule is CC(C)(C=CC(=O)O)CC(C)(C)CO. The van der Waals surface area contributed by atoms with Crippen molar-refractivity contribution < 1.29 is 15.0 Å². The number of carboxylic acid groups (broad SMARTS) is 1. The number of hydrogen-bond acceptors (Lipinski definition) is 2. The van der Waals surface area contributed by atoms with Gasteiger partial charge in [-0.05, 0) is 17.3 Å². The third-order valence-electron chi connectivity index (χ3n) is 2.04. The van der Waals surface area contributed by atoms with Crippen LogP contribution >= 0.6 is 0 Å². The van der Waals surface area contributed by atoms with Crippen molar-refractivity contribution in [2.75, 3.05) is 6.61 Å². The number of carboxylic acids is 1. The van der Waals surface area contributed by atoms with Crippen molar-refractivity contribution in [3.63, 3.8) is 0 Å². The molecule has 0 saturated carbocycles.